The van der Waals surface area contributed by atoms with Crippen LogP contribution in [0.4, 0.5) is 14.9 Å². The number of pyridine rings is 1. The largest absolute Gasteiger partial charge is 0.340 e. The predicted octanol–water partition coefficient (Wildman–Crippen LogP) is 3.12. The normalized spacial score (nSPS) is 22.9. The average Bonchev–Trinajstić information content (AvgIpc) is 3.20. The first-order valence-corrected chi connectivity index (χ1v) is 9.43. The van der Waals surface area contributed by atoms with Gasteiger partial charge in [0.25, 0.3) is 0 Å². The number of hydrogen-bond acceptors (Lipinski definition) is 3. The maximum Gasteiger partial charge on any atom is 0.321 e. The Morgan fingerprint density at radius 2 is 2.18 bits per heavy atom. The second-order valence-corrected chi connectivity index (χ2v) is 7.75. The van der Waals surface area contributed by atoms with Crippen LogP contribution in [0.15, 0.2) is 48.7 Å². The van der Waals surface area contributed by atoms with Crippen LogP contribution in [0.5, 0.6) is 0 Å². The molecule has 0 radical (unpaired) electrons. The molecule has 1 aromatic heterocycles. The van der Waals surface area contributed by atoms with Gasteiger partial charge in [0.2, 0.25) is 5.91 Å². The molecule has 6 nitrogen and oxygen atoms in total. The summed E-state index contributed by atoms with van der Waals surface area (Å²) in [5.74, 6) is -0.328. The summed E-state index contributed by atoms with van der Waals surface area (Å²) >= 11 is 0. The standard InChI is InChI=1S/C21H23FN4O2/c1-25(13-17-6-2-3-9-23-17)19(27)18-12-21(18)8-10-26(14-21)20(28)24-16-7-4-5-15(22)11-16/h2-7,9,11,18H,8,10,12-14H2,1H3,(H,24,28). The lowest BCUT2D eigenvalue weighted by atomic mass is 10.0. The summed E-state index contributed by atoms with van der Waals surface area (Å²) in [5.41, 5.74) is 1.18. The van der Waals surface area contributed by atoms with Gasteiger partial charge in [-0.15, -0.1) is 0 Å². The van der Waals surface area contributed by atoms with E-state index in [0.717, 1.165) is 18.5 Å². The van der Waals surface area contributed by atoms with Crippen molar-refractivity contribution in [2.24, 2.45) is 11.3 Å². The van der Waals surface area contributed by atoms with Crippen LogP contribution in [0.3, 0.4) is 0 Å². The second kappa shape index (κ2) is 7.22. The van der Waals surface area contributed by atoms with Crippen molar-refractivity contribution in [2.45, 2.75) is 19.4 Å². The van der Waals surface area contributed by atoms with Gasteiger partial charge in [0.05, 0.1) is 12.2 Å². The van der Waals surface area contributed by atoms with Gasteiger partial charge < -0.3 is 15.1 Å². The number of halogens is 1. The van der Waals surface area contributed by atoms with Gasteiger partial charge >= 0.3 is 6.03 Å². The Bertz CT molecular complexity index is 891. The van der Waals surface area contributed by atoms with Crippen LogP contribution in [0.2, 0.25) is 0 Å². The number of nitrogens with one attached hydrogen (secondary N) is 1. The zero-order chi connectivity index (χ0) is 19.7. The van der Waals surface area contributed by atoms with Crippen molar-refractivity contribution in [1.29, 1.82) is 0 Å². The molecule has 0 bridgehead atoms. The molecular formula is C21H23FN4O2. The molecule has 1 saturated heterocycles. The lowest BCUT2D eigenvalue weighted by Gasteiger charge is -2.20. The fourth-order valence-electron chi connectivity index (χ4n) is 4.06. The van der Waals surface area contributed by atoms with E-state index in [2.05, 4.69) is 10.3 Å². The molecule has 2 atom stereocenters. The number of carbonyl (C=O) groups excluding carboxylic acids is 2. The van der Waals surface area contributed by atoms with E-state index in [-0.39, 0.29) is 29.1 Å². The van der Waals surface area contributed by atoms with Gasteiger partial charge in [-0.2, -0.15) is 0 Å². The molecule has 1 saturated carbocycles. The molecule has 1 aliphatic carbocycles. The summed E-state index contributed by atoms with van der Waals surface area (Å²) in [6.07, 6.45) is 3.35. The van der Waals surface area contributed by atoms with Gasteiger partial charge in [0.15, 0.2) is 0 Å². The van der Waals surface area contributed by atoms with E-state index in [1.54, 1.807) is 35.2 Å². The van der Waals surface area contributed by atoms with Gasteiger partial charge in [-0.1, -0.05) is 12.1 Å². The van der Waals surface area contributed by atoms with Crippen LogP contribution in [-0.4, -0.2) is 46.9 Å². The van der Waals surface area contributed by atoms with Crippen LogP contribution in [0.25, 0.3) is 0 Å². The Morgan fingerprint density at radius 3 is 2.93 bits per heavy atom. The van der Waals surface area contributed by atoms with Crippen molar-refractivity contribution in [2.75, 3.05) is 25.5 Å². The van der Waals surface area contributed by atoms with E-state index in [0.29, 0.717) is 25.3 Å². The number of hydrogen-bond donors (Lipinski definition) is 1. The highest BCUT2D eigenvalue weighted by molar-refractivity contribution is 5.90. The fraction of sp³-hybridized carbons (Fsp3) is 0.381. The third kappa shape index (κ3) is 3.69. The highest BCUT2D eigenvalue weighted by Crippen LogP contribution is 2.59. The maximum absolute atomic E-state index is 13.3. The zero-order valence-corrected chi connectivity index (χ0v) is 15.8. The first-order chi connectivity index (χ1) is 13.5. The molecule has 2 heterocycles. The fourth-order valence-corrected chi connectivity index (χ4v) is 4.06. The Kier molecular flexibility index (Phi) is 4.75. The molecule has 1 aliphatic heterocycles. The summed E-state index contributed by atoms with van der Waals surface area (Å²) in [6, 6.07) is 11.3. The number of carbonyl (C=O) groups is 2. The number of amides is 3. The van der Waals surface area contributed by atoms with Crippen LogP contribution in [0.1, 0.15) is 18.5 Å². The summed E-state index contributed by atoms with van der Waals surface area (Å²) < 4.78 is 13.3. The highest BCUT2D eigenvalue weighted by atomic mass is 19.1. The van der Waals surface area contributed by atoms with Crippen LogP contribution >= 0.6 is 0 Å². The molecule has 28 heavy (non-hydrogen) atoms. The third-order valence-corrected chi connectivity index (χ3v) is 5.74. The molecule has 7 heteroatoms. The molecule has 2 aromatic rings. The van der Waals surface area contributed by atoms with E-state index in [1.807, 2.05) is 18.2 Å². The molecule has 2 aliphatic rings. The maximum atomic E-state index is 13.3. The molecule has 1 spiro atoms. The molecule has 3 amide bonds. The SMILES string of the molecule is CN(Cc1ccccn1)C(=O)C1CC12CCN(C(=O)Nc1cccc(F)c1)C2. The Labute approximate surface area is 163 Å². The number of nitrogens with zero attached hydrogens (tertiary/aromatic N) is 3. The summed E-state index contributed by atoms with van der Waals surface area (Å²) in [7, 11) is 1.80. The van der Waals surface area contributed by atoms with Gasteiger partial charge in [-0.3, -0.25) is 9.78 Å². The quantitative estimate of drug-likeness (QED) is 0.884. The minimum Gasteiger partial charge on any atom is -0.340 e. The van der Waals surface area contributed by atoms with Crippen LogP contribution in [-0.2, 0) is 11.3 Å². The molecular weight excluding hydrogens is 359 g/mol. The van der Waals surface area contributed by atoms with E-state index < -0.39 is 0 Å². The van der Waals surface area contributed by atoms with Crippen molar-refractivity contribution in [3.05, 3.63) is 60.2 Å². The van der Waals surface area contributed by atoms with Gasteiger partial charge in [-0.05, 0) is 43.2 Å². The van der Waals surface area contributed by atoms with Gasteiger partial charge in [-0.25, -0.2) is 9.18 Å². The van der Waals surface area contributed by atoms with E-state index in [4.69, 9.17) is 0 Å². The Hall–Kier alpha value is -2.96. The number of aromatic nitrogens is 1. The Balaban J connectivity index is 1.33. The molecule has 2 fully saturated rings. The predicted molar refractivity (Wildman–Crippen MR) is 103 cm³/mol. The van der Waals surface area contributed by atoms with Gasteiger partial charge in [0, 0.05) is 43.4 Å². The van der Waals surface area contributed by atoms with Crippen LogP contribution in [0, 0.1) is 17.2 Å². The van der Waals surface area contributed by atoms with Crippen molar-refractivity contribution in [3.63, 3.8) is 0 Å². The number of likely N-dealkylation sites (tertiary alicyclic amines) is 1. The van der Waals surface area contributed by atoms with E-state index in [9.17, 15) is 14.0 Å². The summed E-state index contributed by atoms with van der Waals surface area (Å²) in [4.78, 5) is 33.0. The van der Waals surface area contributed by atoms with Crippen molar-refractivity contribution in [3.8, 4) is 0 Å². The molecule has 1 N–H and O–H groups in total. The van der Waals surface area contributed by atoms with E-state index in [1.165, 1.54) is 12.1 Å². The Morgan fingerprint density at radius 1 is 1.32 bits per heavy atom. The number of rotatable bonds is 4. The van der Waals surface area contributed by atoms with E-state index >= 15 is 0 Å². The number of anilines is 1. The lowest BCUT2D eigenvalue weighted by Crippen LogP contribution is -2.34. The van der Waals surface area contributed by atoms with Gasteiger partial charge in [0.1, 0.15) is 5.82 Å². The molecule has 1 aromatic carbocycles. The van der Waals surface area contributed by atoms with Crippen molar-refractivity contribution in [1.82, 2.24) is 14.8 Å². The molecule has 146 valence electrons. The third-order valence-electron chi connectivity index (χ3n) is 5.74. The monoisotopic (exact) mass is 382 g/mol. The minimum absolute atomic E-state index is 0.0480. The summed E-state index contributed by atoms with van der Waals surface area (Å²) in [5, 5.41) is 2.73. The second-order valence-electron chi connectivity index (χ2n) is 7.75. The average molecular weight is 382 g/mol. The molecule has 2 unspecified atom stereocenters. The lowest BCUT2D eigenvalue weighted by molar-refractivity contribution is -0.132. The minimum atomic E-state index is -0.389. The van der Waals surface area contributed by atoms with Crippen molar-refractivity contribution < 1.29 is 14.0 Å². The van der Waals surface area contributed by atoms with Crippen LogP contribution < -0.4 is 5.32 Å². The molecule has 4 rings (SSSR count). The highest BCUT2D eigenvalue weighted by Gasteiger charge is 2.61. The first kappa shape index (κ1) is 18.4. The number of benzene rings is 1. The smallest absolute Gasteiger partial charge is 0.321 e. The zero-order valence-electron chi connectivity index (χ0n) is 15.8. The summed E-state index contributed by atoms with van der Waals surface area (Å²) in [6.45, 7) is 1.65. The van der Waals surface area contributed by atoms with Crippen molar-refractivity contribution >= 4 is 17.6 Å². The first-order valence-electron chi connectivity index (χ1n) is 9.43. The topological polar surface area (TPSA) is 65.5 Å². The number of urea groups is 1.